The quantitative estimate of drug-likeness (QED) is 0.211. The Hall–Kier alpha value is -4.35. The summed E-state index contributed by atoms with van der Waals surface area (Å²) in [6.07, 6.45) is 0.606. The van der Waals surface area contributed by atoms with Crippen LogP contribution in [0.5, 0.6) is 0 Å². The molecule has 11 heteroatoms. The van der Waals surface area contributed by atoms with Crippen LogP contribution in [0.3, 0.4) is 0 Å². The molecule has 0 fully saturated rings. The van der Waals surface area contributed by atoms with Crippen molar-refractivity contribution in [2.75, 3.05) is 0 Å². The van der Waals surface area contributed by atoms with Crippen molar-refractivity contribution < 1.29 is 32.3 Å². The smallest absolute Gasteiger partial charge is 0.414 e. The van der Waals surface area contributed by atoms with Crippen molar-refractivity contribution >= 4 is 31.8 Å². The maximum absolute atomic E-state index is 14.5. The van der Waals surface area contributed by atoms with Crippen molar-refractivity contribution in [2.45, 2.75) is 96.3 Å². The zero-order valence-corrected chi connectivity index (χ0v) is 30.5. The van der Waals surface area contributed by atoms with Crippen LogP contribution in [-0.4, -0.2) is 54.9 Å². The van der Waals surface area contributed by atoms with E-state index in [1.165, 1.54) is 29.2 Å². The van der Waals surface area contributed by atoms with E-state index in [0.29, 0.717) is 6.42 Å². The lowest BCUT2D eigenvalue weighted by Crippen LogP contribution is -2.59. The summed E-state index contributed by atoms with van der Waals surface area (Å²) >= 11 is 0. The van der Waals surface area contributed by atoms with Gasteiger partial charge in [-0.15, -0.1) is 0 Å². The number of nitrogens with zero attached hydrogens (tertiary/aromatic N) is 1. The minimum atomic E-state index is -2.67. The molecule has 3 atom stereocenters. The highest BCUT2D eigenvalue weighted by Gasteiger charge is 2.47. The number of amides is 3. The molecule has 3 aromatic rings. The van der Waals surface area contributed by atoms with Gasteiger partial charge in [0.25, 0.3) is 5.91 Å². The van der Waals surface area contributed by atoms with Crippen LogP contribution < -0.4 is 11.1 Å². The summed E-state index contributed by atoms with van der Waals surface area (Å²) in [5.41, 5.74) is 7.04. The van der Waals surface area contributed by atoms with Gasteiger partial charge in [-0.05, 0) is 98.8 Å². The average Bonchev–Trinajstić information content (AvgIpc) is 3.44. The predicted octanol–water partition coefficient (Wildman–Crippen LogP) is 7.85. The molecule has 4 rings (SSSR count). The third-order valence-corrected chi connectivity index (χ3v) is 13.4. The Morgan fingerprint density at radius 3 is 2.10 bits per heavy atom. The monoisotopic (exact) mass is 691 g/mol. The SMILES string of the molecule is CC(C)(C)OC(=O)N1C=C(c2ccccc2)CC1C(O[Si](C)(C)C(C)(C)C)C(Cc1cc(F)cc(F)c1)NC(=O)c1cccc(C(N)=O)c1. The molecule has 0 radical (unpaired) electrons. The zero-order valence-electron chi connectivity index (χ0n) is 29.5. The standard InChI is InChI=1S/C38H47F2N3O5Si/c1-37(2,3)47-36(46)43-23-28(25-13-10-9-11-14-25)21-32(43)33(48-49(7,8)38(4,5)6)31(19-24-17-29(39)22-30(40)18-24)42-35(45)27-16-12-15-26(20-27)34(41)44/h9-18,20,22-23,31-33H,19,21H2,1-8H3,(H2,41,44)(H,42,45). The van der Waals surface area contributed by atoms with E-state index in [1.807, 2.05) is 30.3 Å². The normalized spacial score (nSPS) is 16.5. The minimum absolute atomic E-state index is 0.0332. The van der Waals surface area contributed by atoms with Gasteiger partial charge in [0.2, 0.25) is 5.91 Å². The van der Waals surface area contributed by atoms with Crippen LogP contribution in [0.1, 0.15) is 79.8 Å². The molecule has 1 aliphatic heterocycles. The van der Waals surface area contributed by atoms with Gasteiger partial charge in [0.15, 0.2) is 8.32 Å². The maximum atomic E-state index is 14.5. The van der Waals surface area contributed by atoms with Crippen molar-refractivity contribution in [2.24, 2.45) is 5.73 Å². The Bertz CT molecular complexity index is 1700. The average molecular weight is 692 g/mol. The number of benzene rings is 3. The van der Waals surface area contributed by atoms with Crippen molar-refractivity contribution in [3.8, 4) is 0 Å². The number of ether oxygens (including phenoxy) is 1. The van der Waals surface area contributed by atoms with E-state index in [1.54, 1.807) is 39.1 Å². The number of carbonyl (C=O) groups is 3. The van der Waals surface area contributed by atoms with Crippen molar-refractivity contribution in [1.29, 1.82) is 0 Å². The molecular formula is C38H47F2N3O5Si. The van der Waals surface area contributed by atoms with E-state index >= 15 is 0 Å². The largest absolute Gasteiger partial charge is 0.443 e. The molecule has 3 amide bonds. The van der Waals surface area contributed by atoms with Crippen molar-refractivity contribution in [1.82, 2.24) is 10.2 Å². The molecule has 8 nitrogen and oxygen atoms in total. The second kappa shape index (κ2) is 14.6. The van der Waals surface area contributed by atoms with E-state index < -0.39 is 61.6 Å². The first kappa shape index (κ1) is 37.5. The van der Waals surface area contributed by atoms with Gasteiger partial charge >= 0.3 is 6.09 Å². The van der Waals surface area contributed by atoms with Crippen LogP contribution in [0.15, 0.2) is 79.0 Å². The molecule has 3 unspecified atom stereocenters. The lowest BCUT2D eigenvalue weighted by atomic mass is 9.92. The Morgan fingerprint density at radius 1 is 0.918 bits per heavy atom. The molecule has 0 saturated heterocycles. The van der Waals surface area contributed by atoms with Gasteiger partial charge in [-0.2, -0.15) is 0 Å². The molecule has 0 aliphatic carbocycles. The summed E-state index contributed by atoms with van der Waals surface area (Å²) in [5, 5.41) is 2.77. The zero-order chi connectivity index (χ0) is 36.3. The van der Waals surface area contributed by atoms with Gasteiger partial charge in [0.05, 0.1) is 18.2 Å². The van der Waals surface area contributed by atoms with Crippen molar-refractivity contribution in [3.63, 3.8) is 0 Å². The Morgan fingerprint density at radius 2 is 1.53 bits per heavy atom. The first-order chi connectivity index (χ1) is 22.7. The van der Waals surface area contributed by atoms with Gasteiger partial charge in [-0.1, -0.05) is 57.2 Å². The van der Waals surface area contributed by atoms with Crippen molar-refractivity contribution in [3.05, 3.63) is 113 Å². The summed E-state index contributed by atoms with van der Waals surface area (Å²) in [6, 6.07) is 17.2. The number of carbonyl (C=O) groups excluding carboxylic acids is 3. The second-order valence-corrected chi connectivity index (χ2v) is 19.8. The van der Waals surface area contributed by atoms with Crippen LogP contribution in [0.4, 0.5) is 13.6 Å². The van der Waals surface area contributed by atoms with Gasteiger partial charge in [0, 0.05) is 23.4 Å². The first-order valence-electron chi connectivity index (χ1n) is 16.3. The lowest BCUT2D eigenvalue weighted by Gasteiger charge is -2.45. The van der Waals surface area contributed by atoms with E-state index in [2.05, 4.69) is 39.2 Å². The fourth-order valence-electron chi connectivity index (χ4n) is 5.51. The van der Waals surface area contributed by atoms with E-state index in [9.17, 15) is 23.2 Å². The molecule has 0 aromatic heterocycles. The molecule has 0 saturated carbocycles. The Labute approximate surface area is 288 Å². The molecule has 1 aliphatic rings. The Kier molecular flexibility index (Phi) is 11.2. The highest BCUT2D eigenvalue weighted by Crippen LogP contribution is 2.41. The van der Waals surface area contributed by atoms with E-state index in [0.717, 1.165) is 17.2 Å². The van der Waals surface area contributed by atoms with Crippen LogP contribution in [0, 0.1) is 11.6 Å². The number of hydrogen-bond acceptors (Lipinski definition) is 5. The molecule has 0 bridgehead atoms. The van der Waals surface area contributed by atoms with Gasteiger partial charge in [-0.3, -0.25) is 14.5 Å². The Balaban J connectivity index is 1.88. The van der Waals surface area contributed by atoms with Crippen LogP contribution in [0.2, 0.25) is 18.1 Å². The molecule has 49 heavy (non-hydrogen) atoms. The molecular weight excluding hydrogens is 645 g/mol. The van der Waals surface area contributed by atoms with Gasteiger partial charge < -0.3 is 20.2 Å². The van der Waals surface area contributed by atoms with E-state index in [-0.39, 0.29) is 28.1 Å². The summed E-state index contributed by atoms with van der Waals surface area (Å²) in [7, 11) is -2.67. The van der Waals surface area contributed by atoms with Gasteiger partial charge in [0.1, 0.15) is 17.2 Å². The second-order valence-electron chi connectivity index (χ2n) is 15.0. The summed E-state index contributed by atoms with van der Waals surface area (Å²) in [4.78, 5) is 41.3. The molecule has 3 N–H and O–H groups in total. The van der Waals surface area contributed by atoms with Crippen LogP contribution in [0.25, 0.3) is 5.57 Å². The molecule has 1 heterocycles. The number of halogens is 2. The number of rotatable bonds is 10. The van der Waals surface area contributed by atoms with E-state index in [4.69, 9.17) is 14.9 Å². The number of primary amides is 1. The van der Waals surface area contributed by atoms with Gasteiger partial charge in [-0.25, -0.2) is 13.6 Å². The van der Waals surface area contributed by atoms with Crippen LogP contribution >= 0.6 is 0 Å². The highest BCUT2D eigenvalue weighted by atomic mass is 28.4. The lowest BCUT2D eigenvalue weighted by molar-refractivity contribution is 0.00827. The third-order valence-electron chi connectivity index (χ3n) is 8.95. The summed E-state index contributed by atoms with van der Waals surface area (Å²) in [5.74, 6) is -2.77. The number of hydrogen-bond donors (Lipinski definition) is 2. The summed E-state index contributed by atoms with van der Waals surface area (Å²) < 4.78 is 42.1. The maximum Gasteiger partial charge on any atom is 0.414 e. The predicted molar refractivity (Wildman–Crippen MR) is 189 cm³/mol. The molecule has 262 valence electrons. The molecule has 3 aromatic carbocycles. The minimum Gasteiger partial charge on any atom is -0.443 e. The summed E-state index contributed by atoms with van der Waals surface area (Å²) in [6.45, 7) is 15.7. The number of nitrogens with two attached hydrogens (primary N) is 1. The third kappa shape index (κ3) is 9.63. The molecule has 0 spiro atoms. The first-order valence-corrected chi connectivity index (χ1v) is 19.3. The highest BCUT2D eigenvalue weighted by molar-refractivity contribution is 6.74. The fourth-order valence-corrected chi connectivity index (χ4v) is 6.86. The number of nitrogens with one attached hydrogen (secondary N) is 1. The van der Waals surface area contributed by atoms with Crippen LogP contribution in [-0.2, 0) is 15.6 Å². The fraction of sp³-hybridized carbons (Fsp3) is 0.395. The topological polar surface area (TPSA) is 111 Å².